The van der Waals surface area contributed by atoms with Crippen LogP contribution < -0.4 is 0 Å². The molecule has 0 aliphatic carbocycles. The number of rotatable bonds is 1. The van der Waals surface area contributed by atoms with Gasteiger partial charge in [0, 0.05) is 23.1 Å². The smallest absolute Gasteiger partial charge is 0.336 e. The van der Waals surface area contributed by atoms with Gasteiger partial charge in [-0.25, -0.2) is 13.2 Å². The minimum atomic E-state index is -3.24. The Balaban J connectivity index is 2.45. The Morgan fingerprint density at radius 3 is 2.67 bits per heavy atom. The molecule has 1 aliphatic heterocycles. The first-order valence-electron chi connectivity index (χ1n) is 6.65. The monoisotopic (exact) mass is 305 g/mol. The van der Waals surface area contributed by atoms with Crippen LogP contribution in [0, 0.1) is 13.8 Å². The second kappa shape index (κ2) is 4.53. The van der Waals surface area contributed by atoms with Gasteiger partial charge in [-0.3, -0.25) is 4.98 Å². The number of sulfone groups is 1. The van der Waals surface area contributed by atoms with Crippen molar-refractivity contribution in [1.82, 2.24) is 4.98 Å². The summed E-state index contributed by atoms with van der Waals surface area (Å²) in [5.74, 6) is -1.30. The zero-order valence-electron chi connectivity index (χ0n) is 11.8. The Bertz CT molecular complexity index is 884. The predicted octanol–water partition coefficient (Wildman–Crippen LogP) is 2.02. The number of aromatic carboxylic acids is 1. The average Bonchev–Trinajstić information content (AvgIpc) is 2.40. The van der Waals surface area contributed by atoms with E-state index in [-0.39, 0.29) is 23.5 Å². The minimum Gasteiger partial charge on any atom is -0.478 e. The lowest BCUT2D eigenvalue weighted by Gasteiger charge is -2.20. The molecule has 21 heavy (non-hydrogen) atoms. The topological polar surface area (TPSA) is 84.3 Å². The van der Waals surface area contributed by atoms with Gasteiger partial charge < -0.3 is 5.11 Å². The summed E-state index contributed by atoms with van der Waals surface area (Å²) in [6.07, 6.45) is 0.279. The first-order chi connectivity index (χ1) is 9.80. The first-order valence-corrected chi connectivity index (χ1v) is 8.47. The maximum absolute atomic E-state index is 11.8. The van der Waals surface area contributed by atoms with E-state index in [2.05, 4.69) is 4.98 Å². The molecule has 2 heterocycles. The molecule has 1 aliphatic rings. The van der Waals surface area contributed by atoms with Gasteiger partial charge in [0.15, 0.2) is 9.84 Å². The van der Waals surface area contributed by atoms with E-state index in [4.69, 9.17) is 0 Å². The van der Waals surface area contributed by atoms with Crippen molar-refractivity contribution in [2.24, 2.45) is 0 Å². The van der Waals surface area contributed by atoms with E-state index in [0.29, 0.717) is 22.2 Å². The Morgan fingerprint density at radius 1 is 1.29 bits per heavy atom. The number of pyridine rings is 1. The average molecular weight is 305 g/mol. The molecule has 0 unspecified atom stereocenters. The minimum absolute atomic E-state index is 0.0302. The number of fused-ring (bicyclic) bond motifs is 2. The Labute approximate surface area is 122 Å². The Morgan fingerprint density at radius 2 is 2.00 bits per heavy atom. The van der Waals surface area contributed by atoms with Crippen molar-refractivity contribution in [3.63, 3.8) is 0 Å². The van der Waals surface area contributed by atoms with Crippen molar-refractivity contribution in [3.05, 3.63) is 40.1 Å². The van der Waals surface area contributed by atoms with Crippen LogP contribution in [0.25, 0.3) is 10.9 Å². The van der Waals surface area contributed by atoms with Crippen molar-refractivity contribution >= 4 is 26.7 Å². The summed E-state index contributed by atoms with van der Waals surface area (Å²) in [5.41, 5.74) is 3.67. The molecular formula is C15H15NO4S. The van der Waals surface area contributed by atoms with Crippen LogP contribution in [0.2, 0.25) is 0 Å². The lowest BCUT2D eigenvalue weighted by Crippen LogP contribution is -2.23. The van der Waals surface area contributed by atoms with Crippen LogP contribution in [-0.2, 0) is 22.0 Å². The van der Waals surface area contributed by atoms with Crippen molar-refractivity contribution in [2.75, 3.05) is 5.75 Å². The molecule has 0 fully saturated rings. The fourth-order valence-corrected chi connectivity index (χ4v) is 4.21. The molecule has 6 heteroatoms. The van der Waals surface area contributed by atoms with Gasteiger partial charge in [0.05, 0.1) is 22.6 Å². The molecule has 0 bridgehead atoms. The maximum Gasteiger partial charge on any atom is 0.336 e. The van der Waals surface area contributed by atoms with E-state index in [1.807, 2.05) is 19.9 Å². The SMILES string of the molecule is Cc1ccc2c(C(=O)O)c3c(nc2c1C)CCS(=O)(=O)C3. The summed E-state index contributed by atoms with van der Waals surface area (Å²) in [4.78, 5) is 16.2. The number of benzene rings is 1. The van der Waals surface area contributed by atoms with E-state index < -0.39 is 15.8 Å². The van der Waals surface area contributed by atoms with Gasteiger partial charge in [-0.1, -0.05) is 12.1 Å². The van der Waals surface area contributed by atoms with Crippen molar-refractivity contribution in [2.45, 2.75) is 26.0 Å². The van der Waals surface area contributed by atoms with Gasteiger partial charge >= 0.3 is 5.97 Å². The number of hydrogen-bond acceptors (Lipinski definition) is 4. The summed E-state index contributed by atoms with van der Waals surface area (Å²) in [5, 5.41) is 10.1. The van der Waals surface area contributed by atoms with Crippen molar-refractivity contribution < 1.29 is 18.3 Å². The van der Waals surface area contributed by atoms with Crippen molar-refractivity contribution in [3.8, 4) is 0 Å². The van der Waals surface area contributed by atoms with E-state index in [0.717, 1.165) is 11.1 Å². The lowest BCUT2D eigenvalue weighted by molar-refractivity contribution is 0.0698. The standard InChI is InChI=1S/C15H15NO4S/c1-8-3-4-10-13(15(17)18)11-7-21(19,20)6-5-12(11)16-14(10)9(8)2/h3-4H,5-7H2,1-2H3,(H,17,18). The predicted molar refractivity (Wildman–Crippen MR) is 79.4 cm³/mol. The number of carboxylic acids is 1. The number of hydrogen-bond donors (Lipinski definition) is 1. The van der Waals surface area contributed by atoms with Crippen LogP contribution in [0.1, 0.15) is 32.7 Å². The number of nitrogens with zero attached hydrogens (tertiary/aromatic N) is 1. The van der Waals surface area contributed by atoms with Crippen LogP contribution in [0.5, 0.6) is 0 Å². The molecule has 0 spiro atoms. The van der Waals surface area contributed by atoms with Crippen LogP contribution in [0.15, 0.2) is 12.1 Å². The highest BCUT2D eigenvalue weighted by Crippen LogP contribution is 2.31. The van der Waals surface area contributed by atoms with Gasteiger partial charge in [0.1, 0.15) is 0 Å². The number of carboxylic acid groups (broad SMARTS) is 1. The summed E-state index contributed by atoms with van der Waals surface area (Å²) < 4.78 is 23.6. The summed E-state index contributed by atoms with van der Waals surface area (Å²) in [7, 11) is -3.24. The molecule has 1 N–H and O–H groups in total. The third-order valence-corrected chi connectivity index (χ3v) is 5.65. The molecule has 5 nitrogen and oxygen atoms in total. The highest BCUT2D eigenvalue weighted by atomic mass is 32.2. The lowest BCUT2D eigenvalue weighted by atomic mass is 9.96. The third kappa shape index (κ3) is 2.19. The van der Waals surface area contributed by atoms with Gasteiger partial charge in [0.25, 0.3) is 0 Å². The third-order valence-electron chi connectivity index (χ3n) is 4.10. The molecule has 0 atom stereocenters. The Hall–Kier alpha value is -1.95. The molecule has 0 amide bonds. The molecule has 0 saturated carbocycles. The summed E-state index contributed by atoms with van der Waals surface area (Å²) >= 11 is 0. The zero-order valence-corrected chi connectivity index (χ0v) is 12.6. The van der Waals surface area contributed by atoms with Crippen molar-refractivity contribution in [1.29, 1.82) is 0 Å². The highest BCUT2D eigenvalue weighted by Gasteiger charge is 2.29. The second-order valence-corrected chi connectivity index (χ2v) is 7.65. The van der Waals surface area contributed by atoms with Gasteiger partial charge in [-0.05, 0) is 25.0 Å². The fourth-order valence-electron chi connectivity index (χ4n) is 2.81. The molecule has 2 aromatic rings. The van der Waals surface area contributed by atoms with E-state index >= 15 is 0 Å². The van der Waals surface area contributed by atoms with E-state index in [9.17, 15) is 18.3 Å². The normalized spacial score (nSPS) is 16.7. The fraction of sp³-hybridized carbons (Fsp3) is 0.333. The highest BCUT2D eigenvalue weighted by molar-refractivity contribution is 7.90. The van der Waals surface area contributed by atoms with E-state index in [1.165, 1.54) is 0 Å². The molecule has 0 radical (unpaired) electrons. The number of aromatic nitrogens is 1. The molecule has 1 aromatic carbocycles. The molecular weight excluding hydrogens is 290 g/mol. The first kappa shape index (κ1) is 14.0. The van der Waals surface area contributed by atoms with Gasteiger partial charge in [0.2, 0.25) is 0 Å². The molecule has 1 aromatic heterocycles. The summed E-state index contributed by atoms with van der Waals surface area (Å²) in [6.45, 7) is 3.85. The van der Waals surface area contributed by atoms with Gasteiger partial charge in [-0.2, -0.15) is 0 Å². The van der Waals surface area contributed by atoms with Crippen LogP contribution in [0.4, 0.5) is 0 Å². The zero-order chi connectivity index (χ0) is 15.4. The van der Waals surface area contributed by atoms with Gasteiger partial charge in [-0.15, -0.1) is 0 Å². The quantitative estimate of drug-likeness (QED) is 0.871. The second-order valence-electron chi connectivity index (χ2n) is 5.46. The van der Waals surface area contributed by atoms with Crippen LogP contribution in [0.3, 0.4) is 0 Å². The number of aryl methyl sites for hydroxylation is 3. The van der Waals surface area contributed by atoms with Crippen LogP contribution in [-0.4, -0.2) is 30.2 Å². The largest absolute Gasteiger partial charge is 0.478 e. The maximum atomic E-state index is 11.8. The Kier molecular flexibility index (Phi) is 3.02. The summed E-state index contributed by atoms with van der Waals surface area (Å²) in [6, 6.07) is 3.56. The number of carbonyl (C=O) groups is 1. The molecule has 0 saturated heterocycles. The molecule has 3 rings (SSSR count). The van der Waals surface area contributed by atoms with E-state index in [1.54, 1.807) is 6.07 Å². The van der Waals surface area contributed by atoms with Crippen LogP contribution >= 0.6 is 0 Å². The molecule has 110 valence electrons.